The lowest BCUT2D eigenvalue weighted by Crippen LogP contribution is -2.39. The van der Waals surface area contributed by atoms with Crippen LogP contribution in [0, 0.1) is 19.7 Å². The highest BCUT2D eigenvalue weighted by atomic mass is 32.2. The molecule has 1 N–H and O–H groups in total. The quantitative estimate of drug-likeness (QED) is 0.895. The molecule has 0 radical (unpaired) electrons. The molecule has 0 saturated heterocycles. The maximum atomic E-state index is 13.7. The number of aromatic amines is 1. The predicted octanol–water partition coefficient (Wildman–Crippen LogP) is 1.27. The van der Waals surface area contributed by atoms with Gasteiger partial charge in [-0.25, -0.2) is 17.8 Å². The van der Waals surface area contributed by atoms with E-state index in [0.29, 0.717) is 17.7 Å². The van der Waals surface area contributed by atoms with Crippen molar-refractivity contribution in [3.63, 3.8) is 0 Å². The highest BCUT2D eigenvalue weighted by Crippen LogP contribution is 2.25. The minimum atomic E-state index is -3.80. The van der Waals surface area contributed by atoms with E-state index >= 15 is 0 Å². The van der Waals surface area contributed by atoms with Crippen LogP contribution in [-0.2, 0) is 23.0 Å². The zero-order valence-corrected chi connectivity index (χ0v) is 13.6. The van der Waals surface area contributed by atoms with Crippen LogP contribution >= 0.6 is 0 Å². The molecular formula is C15H16FN3O3S. The molecule has 1 aliphatic heterocycles. The number of benzene rings is 1. The Morgan fingerprint density at radius 3 is 2.57 bits per heavy atom. The van der Waals surface area contributed by atoms with Crippen molar-refractivity contribution in [2.75, 3.05) is 6.54 Å². The van der Waals surface area contributed by atoms with Crippen molar-refractivity contribution in [1.29, 1.82) is 0 Å². The summed E-state index contributed by atoms with van der Waals surface area (Å²) in [4.78, 5) is 18.4. The number of nitrogens with zero attached hydrogens (tertiary/aromatic N) is 2. The Hall–Kier alpha value is -2.06. The third kappa shape index (κ3) is 2.68. The number of fused-ring (bicyclic) bond motifs is 1. The fraction of sp³-hybridized carbons (Fsp3) is 0.333. The Kier molecular flexibility index (Phi) is 3.81. The molecule has 2 heterocycles. The van der Waals surface area contributed by atoms with Crippen LogP contribution in [0.5, 0.6) is 0 Å². The van der Waals surface area contributed by atoms with Crippen molar-refractivity contribution in [1.82, 2.24) is 14.3 Å². The Morgan fingerprint density at radius 2 is 1.91 bits per heavy atom. The van der Waals surface area contributed by atoms with Crippen molar-refractivity contribution in [3.8, 4) is 0 Å². The highest BCUT2D eigenvalue weighted by molar-refractivity contribution is 7.89. The Morgan fingerprint density at radius 1 is 1.26 bits per heavy atom. The van der Waals surface area contributed by atoms with E-state index < -0.39 is 15.8 Å². The standard InChI is InChI=1S/C15H16FN3O3S/c1-9-5-11(6-10(2)14(9)16)23(21,22)19-4-3-13-12(7-19)15(20)18-8-17-13/h5-6,8H,3-4,7H2,1-2H3,(H,17,18,20). The lowest BCUT2D eigenvalue weighted by molar-refractivity contribution is 0.385. The van der Waals surface area contributed by atoms with E-state index in [0.717, 1.165) is 0 Å². The van der Waals surface area contributed by atoms with Gasteiger partial charge in [-0.2, -0.15) is 4.31 Å². The molecule has 0 fully saturated rings. The van der Waals surface area contributed by atoms with Gasteiger partial charge in [0.15, 0.2) is 0 Å². The number of H-pyrrole nitrogens is 1. The molecule has 0 saturated carbocycles. The molecule has 0 atom stereocenters. The Labute approximate surface area is 133 Å². The number of aryl methyl sites for hydroxylation is 2. The first kappa shape index (κ1) is 15.8. The van der Waals surface area contributed by atoms with Gasteiger partial charge in [0.25, 0.3) is 5.56 Å². The smallest absolute Gasteiger partial charge is 0.255 e. The molecular weight excluding hydrogens is 321 g/mol. The molecule has 6 nitrogen and oxygen atoms in total. The number of sulfonamides is 1. The molecule has 0 aliphatic carbocycles. The summed E-state index contributed by atoms with van der Waals surface area (Å²) < 4.78 is 40.6. The van der Waals surface area contributed by atoms with Crippen molar-refractivity contribution in [2.24, 2.45) is 0 Å². The highest BCUT2D eigenvalue weighted by Gasteiger charge is 2.30. The maximum Gasteiger partial charge on any atom is 0.255 e. The van der Waals surface area contributed by atoms with Crippen LogP contribution in [0.3, 0.4) is 0 Å². The minimum Gasteiger partial charge on any atom is -0.313 e. The summed E-state index contributed by atoms with van der Waals surface area (Å²) in [7, 11) is -3.80. The molecule has 0 amide bonds. The van der Waals surface area contributed by atoms with Gasteiger partial charge in [-0.1, -0.05) is 0 Å². The first-order chi connectivity index (χ1) is 10.8. The van der Waals surface area contributed by atoms with E-state index in [1.54, 1.807) is 0 Å². The van der Waals surface area contributed by atoms with Crippen molar-refractivity contribution < 1.29 is 12.8 Å². The number of rotatable bonds is 2. The molecule has 2 aromatic rings. The van der Waals surface area contributed by atoms with Crippen LogP contribution < -0.4 is 5.56 Å². The molecule has 1 aromatic carbocycles. The van der Waals surface area contributed by atoms with Gasteiger partial charge in [0.2, 0.25) is 10.0 Å². The summed E-state index contributed by atoms with van der Waals surface area (Å²) in [6.07, 6.45) is 1.69. The van der Waals surface area contributed by atoms with Crippen LogP contribution in [0.1, 0.15) is 22.4 Å². The Balaban J connectivity index is 2.02. The van der Waals surface area contributed by atoms with E-state index in [1.165, 1.54) is 36.6 Å². The third-order valence-electron chi connectivity index (χ3n) is 4.02. The third-order valence-corrected chi connectivity index (χ3v) is 5.84. The van der Waals surface area contributed by atoms with Crippen LogP contribution in [0.4, 0.5) is 4.39 Å². The monoisotopic (exact) mass is 337 g/mol. The summed E-state index contributed by atoms with van der Waals surface area (Å²) >= 11 is 0. The fourth-order valence-electron chi connectivity index (χ4n) is 2.74. The van der Waals surface area contributed by atoms with E-state index in [2.05, 4.69) is 9.97 Å². The van der Waals surface area contributed by atoms with Gasteiger partial charge in [-0.05, 0) is 37.1 Å². The topological polar surface area (TPSA) is 83.1 Å². The fourth-order valence-corrected chi connectivity index (χ4v) is 4.32. The first-order valence-corrected chi connectivity index (χ1v) is 8.57. The summed E-state index contributed by atoms with van der Waals surface area (Å²) in [6, 6.07) is 2.64. The second-order valence-corrected chi connectivity index (χ2v) is 7.55. The molecule has 1 aromatic heterocycles. The molecule has 0 unspecified atom stereocenters. The second-order valence-electron chi connectivity index (χ2n) is 5.62. The van der Waals surface area contributed by atoms with E-state index in [9.17, 15) is 17.6 Å². The minimum absolute atomic E-state index is 0.0314. The van der Waals surface area contributed by atoms with Gasteiger partial charge >= 0.3 is 0 Å². The average molecular weight is 337 g/mol. The maximum absolute atomic E-state index is 13.7. The van der Waals surface area contributed by atoms with Gasteiger partial charge in [0.1, 0.15) is 5.82 Å². The number of halogens is 1. The van der Waals surface area contributed by atoms with Crippen molar-refractivity contribution in [2.45, 2.75) is 31.7 Å². The number of hydrogen-bond acceptors (Lipinski definition) is 4. The lowest BCUT2D eigenvalue weighted by atomic mass is 10.1. The molecule has 0 spiro atoms. The van der Waals surface area contributed by atoms with Crippen LogP contribution in [0.2, 0.25) is 0 Å². The zero-order chi connectivity index (χ0) is 16.8. The van der Waals surface area contributed by atoms with E-state index in [-0.39, 0.29) is 34.7 Å². The summed E-state index contributed by atoms with van der Waals surface area (Å²) in [5.74, 6) is -0.409. The van der Waals surface area contributed by atoms with Gasteiger partial charge in [0, 0.05) is 19.5 Å². The van der Waals surface area contributed by atoms with Crippen molar-refractivity contribution in [3.05, 3.63) is 57.0 Å². The summed E-state index contributed by atoms with van der Waals surface area (Å²) in [6.45, 7) is 3.26. The number of hydrogen-bond donors (Lipinski definition) is 1. The summed E-state index contributed by atoms with van der Waals surface area (Å²) in [5.41, 5.74) is 1.20. The molecule has 122 valence electrons. The van der Waals surface area contributed by atoms with Gasteiger partial charge in [-0.3, -0.25) is 4.79 Å². The van der Waals surface area contributed by atoms with Gasteiger partial charge in [0.05, 0.1) is 22.5 Å². The lowest BCUT2D eigenvalue weighted by Gasteiger charge is -2.27. The van der Waals surface area contributed by atoms with Crippen LogP contribution in [0.15, 0.2) is 28.2 Å². The first-order valence-electron chi connectivity index (χ1n) is 7.13. The SMILES string of the molecule is Cc1cc(S(=O)(=O)N2CCc3nc[nH]c(=O)c3C2)cc(C)c1F. The van der Waals surface area contributed by atoms with E-state index in [1.807, 2.05) is 0 Å². The molecule has 3 rings (SSSR count). The second kappa shape index (κ2) is 5.54. The summed E-state index contributed by atoms with van der Waals surface area (Å²) in [5, 5.41) is 0. The van der Waals surface area contributed by atoms with Crippen LogP contribution in [-0.4, -0.2) is 29.2 Å². The molecule has 23 heavy (non-hydrogen) atoms. The molecule has 8 heteroatoms. The van der Waals surface area contributed by atoms with Gasteiger partial charge < -0.3 is 4.98 Å². The largest absolute Gasteiger partial charge is 0.313 e. The van der Waals surface area contributed by atoms with Crippen LogP contribution in [0.25, 0.3) is 0 Å². The normalized spacial score (nSPS) is 15.4. The average Bonchev–Trinajstić information content (AvgIpc) is 2.52. The zero-order valence-electron chi connectivity index (χ0n) is 12.8. The van der Waals surface area contributed by atoms with E-state index in [4.69, 9.17) is 0 Å². The molecule has 0 bridgehead atoms. The predicted molar refractivity (Wildman–Crippen MR) is 82.0 cm³/mol. The Bertz CT molecular complexity index is 914. The number of aromatic nitrogens is 2. The van der Waals surface area contributed by atoms with Crippen molar-refractivity contribution >= 4 is 10.0 Å². The molecule has 1 aliphatic rings. The number of nitrogens with one attached hydrogen (secondary N) is 1. The van der Waals surface area contributed by atoms with Gasteiger partial charge in [-0.15, -0.1) is 0 Å².